The van der Waals surface area contributed by atoms with Crippen molar-refractivity contribution in [2.75, 3.05) is 0 Å². The lowest BCUT2D eigenvalue weighted by Crippen LogP contribution is -2.07. The molecule has 0 radical (unpaired) electrons. The van der Waals surface area contributed by atoms with Crippen LogP contribution in [0.1, 0.15) is 5.56 Å². The molecule has 2 N–H and O–H groups in total. The topological polar surface area (TPSA) is 70.7 Å². The van der Waals surface area contributed by atoms with Crippen LogP contribution in [0.5, 0.6) is 11.5 Å². The summed E-state index contributed by atoms with van der Waals surface area (Å²) >= 11 is 3.31. The van der Waals surface area contributed by atoms with Gasteiger partial charge in [0.1, 0.15) is 22.9 Å². The molecule has 1 aromatic heterocycles. The maximum Gasteiger partial charge on any atom is 0.344 e. The first kappa shape index (κ1) is 14.6. The van der Waals surface area contributed by atoms with Crippen molar-refractivity contribution in [1.29, 1.82) is 0 Å². The second-order valence-corrected chi connectivity index (χ2v) is 5.28. The number of fused-ring (bicyclic) bond motifs is 1. The zero-order valence-electron chi connectivity index (χ0n) is 11.1. The van der Waals surface area contributed by atoms with Crippen LogP contribution in [0.2, 0.25) is 0 Å². The molecule has 0 atom stereocenters. The highest BCUT2D eigenvalue weighted by Gasteiger charge is 2.18. The zero-order chi connectivity index (χ0) is 15.9. The van der Waals surface area contributed by atoms with E-state index >= 15 is 0 Å². The van der Waals surface area contributed by atoms with E-state index in [1.807, 2.05) is 0 Å². The van der Waals surface area contributed by atoms with Crippen molar-refractivity contribution in [3.05, 3.63) is 58.2 Å². The summed E-state index contributed by atoms with van der Waals surface area (Å²) in [5.41, 5.74) is 0.447. The quantitative estimate of drug-likeness (QED) is 0.534. The summed E-state index contributed by atoms with van der Waals surface area (Å²) < 4.78 is 18.5. The van der Waals surface area contributed by atoms with Crippen molar-refractivity contribution in [3.8, 4) is 22.6 Å². The Kier molecular flexibility index (Phi) is 3.62. The Morgan fingerprint density at radius 3 is 2.59 bits per heavy atom. The highest BCUT2D eigenvalue weighted by molar-refractivity contribution is 9.08. The van der Waals surface area contributed by atoms with Gasteiger partial charge in [-0.1, -0.05) is 15.9 Å². The van der Waals surface area contributed by atoms with Crippen LogP contribution in [0.25, 0.3) is 22.1 Å². The Balaban J connectivity index is 2.41. The first-order valence-corrected chi connectivity index (χ1v) is 7.47. The largest absolute Gasteiger partial charge is 0.508 e. The molecule has 0 bridgehead atoms. The molecule has 4 nitrogen and oxygen atoms in total. The normalized spacial score (nSPS) is 11.0. The Bertz CT molecular complexity index is 933. The number of halogens is 2. The van der Waals surface area contributed by atoms with Crippen molar-refractivity contribution >= 4 is 26.9 Å². The minimum absolute atomic E-state index is 0.117. The molecule has 0 unspecified atom stereocenters. The summed E-state index contributed by atoms with van der Waals surface area (Å²) in [5, 5.41) is 20.2. The SMILES string of the molecule is O=c1oc2cc(F)ccc2c(CBr)c1-c1ccc(O)cc1O. The summed E-state index contributed by atoms with van der Waals surface area (Å²) in [6, 6.07) is 7.87. The van der Waals surface area contributed by atoms with Gasteiger partial charge in [0, 0.05) is 28.4 Å². The van der Waals surface area contributed by atoms with Gasteiger partial charge in [0.05, 0.1) is 5.56 Å². The fourth-order valence-electron chi connectivity index (χ4n) is 2.38. The fraction of sp³-hybridized carbons (Fsp3) is 0.0625. The standard InChI is InChI=1S/C16H10BrFO4/c17-7-12-10-3-1-8(18)5-14(10)22-16(21)15(12)11-4-2-9(19)6-13(11)20/h1-6,19-20H,7H2. The Morgan fingerprint density at radius 1 is 1.14 bits per heavy atom. The van der Waals surface area contributed by atoms with Crippen LogP contribution in [0.4, 0.5) is 4.39 Å². The number of aromatic hydroxyl groups is 2. The van der Waals surface area contributed by atoms with E-state index in [1.54, 1.807) is 0 Å². The summed E-state index contributed by atoms with van der Waals surface area (Å²) in [5.74, 6) is -0.860. The number of hydrogen-bond donors (Lipinski definition) is 2. The van der Waals surface area contributed by atoms with Gasteiger partial charge in [-0.15, -0.1) is 0 Å². The zero-order valence-corrected chi connectivity index (χ0v) is 12.7. The second-order valence-electron chi connectivity index (χ2n) is 4.72. The van der Waals surface area contributed by atoms with E-state index in [9.17, 15) is 19.4 Å². The molecule has 22 heavy (non-hydrogen) atoms. The third-order valence-corrected chi connectivity index (χ3v) is 3.92. The van der Waals surface area contributed by atoms with E-state index in [1.165, 1.54) is 24.3 Å². The third kappa shape index (κ3) is 2.35. The smallest absolute Gasteiger partial charge is 0.344 e. The van der Waals surface area contributed by atoms with Crippen molar-refractivity contribution < 1.29 is 19.0 Å². The van der Waals surface area contributed by atoms with Crippen LogP contribution in [0.15, 0.2) is 45.6 Å². The predicted molar refractivity (Wildman–Crippen MR) is 83.8 cm³/mol. The molecule has 0 saturated heterocycles. The number of hydrogen-bond acceptors (Lipinski definition) is 4. The molecule has 0 amide bonds. The summed E-state index contributed by atoms with van der Waals surface area (Å²) in [6.07, 6.45) is 0. The molecule has 112 valence electrons. The lowest BCUT2D eigenvalue weighted by molar-refractivity contribution is 0.451. The van der Waals surface area contributed by atoms with Gasteiger partial charge >= 0.3 is 5.63 Å². The van der Waals surface area contributed by atoms with Crippen molar-refractivity contribution in [3.63, 3.8) is 0 Å². The number of phenols is 2. The summed E-state index contributed by atoms with van der Waals surface area (Å²) in [4.78, 5) is 12.3. The van der Waals surface area contributed by atoms with Crippen LogP contribution in [0, 0.1) is 5.82 Å². The van der Waals surface area contributed by atoms with Crippen LogP contribution in [-0.2, 0) is 5.33 Å². The van der Waals surface area contributed by atoms with Gasteiger partial charge in [0.25, 0.3) is 0 Å². The van der Waals surface area contributed by atoms with Gasteiger partial charge in [-0.3, -0.25) is 0 Å². The summed E-state index contributed by atoms with van der Waals surface area (Å²) in [6.45, 7) is 0. The Labute approximate surface area is 132 Å². The summed E-state index contributed by atoms with van der Waals surface area (Å²) in [7, 11) is 0. The lowest BCUT2D eigenvalue weighted by atomic mass is 9.98. The molecule has 0 aliphatic rings. The maximum atomic E-state index is 13.3. The third-order valence-electron chi connectivity index (χ3n) is 3.36. The predicted octanol–water partition coefficient (Wildman–Crippen LogP) is 3.91. The molecule has 0 fully saturated rings. The van der Waals surface area contributed by atoms with Gasteiger partial charge < -0.3 is 14.6 Å². The van der Waals surface area contributed by atoms with E-state index < -0.39 is 11.4 Å². The van der Waals surface area contributed by atoms with Crippen molar-refractivity contribution in [1.82, 2.24) is 0 Å². The number of phenolic OH excluding ortho intramolecular Hbond substituents is 2. The first-order chi connectivity index (χ1) is 10.5. The number of benzene rings is 2. The fourth-order valence-corrected chi connectivity index (χ4v) is 2.96. The average Bonchev–Trinajstić information content (AvgIpc) is 2.46. The molecule has 6 heteroatoms. The molecular formula is C16H10BrFO4. The minimum Gasteiger partial charge on any atom is -0.508 e. The monoisotopic (exact) mass is 364 g/mol. The highest BCUT2D eigenvalue weighted by Crippen LogP contribution is 2.35. The molecule has 3 rings (SSSR count). The molecule has 0 saturated carbocycles. The van der Waals surface area contributed by atoms with Crippen LogP contribution < -0.4 is 5.63 Å². The van der Waals surface area contributed by atoms with Gasteiger partial charge in [-0.2, -0.15) is 0 Å². The van der Waals surface area contributed by atoms with Crippen LogP contribution >= 0.6 is 15.9 Å². The van der Waals surface area contributed by atoms with Crippen LogP contribution in [0.3, 0.4) is 0 Å². The van der Waals surface area contributed by atoms with E-state index in [0.717, 1.165) is 12.1 Å². The van der Waals surface area contributed by atoms with Crippen molar-refractivity contribution in [2.45, 2.75) is 5.33 Å². The molecule has 0 aliphatic carbocycles. The van der Waals surface area contributed by atoms with Gasteiger partial charge in [0.2, 0.25) is 0 Å². The van der Waals surface area contributed by atoms with Gasteiger partial charge in [-0.05, 0) is 29.8 Å². The first-order valence-electron chi connectivity index (χ1n) is 6.35. The number of alkyl halides is 1. The lowest BCUT2D eigenvalue weighted by Gasteiger charge is -2.11. The van der Waals surface area contributed by atoms with Crippen LogP contribution in [-0.4, -0.2) is 10.2 Å². The van der Waals surface area contributed by atoms with E-state index in [0.29, 0.717) is 16.3 Å². The molecular weight excluding hydrogens is 355 g/mol. The van der Waals surface area contributed by atoms with Gasteiger partial charge in [0.15, 0.2) is 0 Å². The highest BCUT2D eigenvalue weighted by atomic mass is 79.9. The molecule has 3 aromatic rings. The number of rotatable bonds is 2. The Hall–Kier alpha value is -2.34. The molecule has 1 heterocycles. The minimum atomic E-state index is -0.687. The average molecular weight is 365 g/mol. The van der Waals surface area contributed by atoms with E-state index in [4.69, 9.17) is 4.42 Å². The second kappa shape index (κ2) is 5.46. The van der Waals surface area contributed by atoms with Gasteiger partial charge in [-0.25, -0.2) is 9.18 Å². The van der Waals surface area contributed by atoms with E-state index in [2.05, 4.69) is 15.9 Å². The Morgan fingerprint density at radius 2 is 1.91 bits per heavy atom. The van der Waals surface area contributed by atoms with Crippen molar-refractivity contribution in [2.24, 2.45) is 0 Å². The molecule has 2 aromatic carbocycles. The maximum absolute atomic E-state index is 13.3. The molecule has 0 aliphatic heterocycles. The molecule has 0 spiro atoms. The van der Waals surface area contributed by atoms with E-state index in [-0.39, 0.29) is 28.2 Å².